The summed E-state index contributed by atoms with van der Waals surface area (Å²) in [5.74, 6) is 3.28. The Morgan fingerprint density at radius 3 is 2.18 bits per heavy atom. The Morgan fingerprint density at radius 2 is 1.64 bits per heavy atom. The Bertz CT molecular complexity index is 644. The number of nitriles is 2. The van der Waals surface area contributed by atoms with Crippen LogP contribution in [0.1, 0.15) is 49.7 Å². The van der Waals surface area contributed by atoms with E-state index in [9.17, 15) is 5.26 Å². The van der Waals surface area contributed by atoms with Gasteiger partial charge in [-0.3, -0.25) is 0 Å². The first-order valence-corrected chi connectivity index (χ1v) is 8.27. The summed E-state index contributed by atoms with van der Waals surface area (Å²) >= 11 is 0. The first-order chi connectivity index (χ1) is 10.7. The van der Waals surface area contributed by atoms with Gasteiger partial charge in [0.15, 0.2) is 0 Å². The third-order valence-corrected chi connectivity index (χ3v) is 5.96. The van der Waals surface area contributed by atoms with E-state index < -0.39 is 0 Å². The molecule has 0 saturated heterocycles. The van der Waals surface area contributed by atoms with E-state index in [4.69, 9.17) is 10.00 Å². The number of hydrogen-bond donors (Lipinski definition) is 0. The maximum atomic E-state index is 9.31. The minimum atomic E-state index is 0.324. The molecular formula is C19H20N2O. The Labute approximate surface area is 131 Å². The maximum absolute atomic E-state index is 9.31. The fourth-order valence-corrected chi connectivity index (χ4v) is 5.56. The average molecular weight is 292 g/mol. The van der Waals surface area contributed by atoms with Crippen molar-refractivity contribution in [2.24, 2.45) is 23.2 Å². The van der Waals surface area contributed by atoms with E-state index in [0.717, 1.165) is 17.8 Å². The van der Waals surface area contributed by atoms with Gasteiger partial charge in [-0.15, -0.1) is 0 Å². The van der Waals surface area contributed by atoms with Gasteiger partial charge in [-0.25, -0.2) is 0 Å². The van der Waals surface area contributed by atoms with Crippen molar-refractivity contribution in [3.63, 3.8) is 0 Å². The van der Waals surface area contributed by atoms with Crippen molar-refractivity contribution in [2.45, 2.75) is 38.5 Å². The lowest BCUT2D eigenvalue weighted by Crippen LogP contribution is -2.48. The molecule has 4 saturated carbocycles. The second-order valence-electron chi connectivity index (χ2n) is 7.61. The van der Waals surface area contributed by atoms with Crippen molar-refractivity contribution in [1.82, 2.24) is 0 Å². The van der Waals surface area contributed by atoms with E-state index in [1.54, 1.807) is 12.1 Å². The second kappa shape index (κ2) is 5.03. The molecule has 4 bridgehead atoms. The summed E-state index contributed by atoms with van der Waals surface area (Å²) in [6, 6.07) is 9.50. The highest BCUT2D eigenvalue weighted by atomic mass is 16.5. The summed E-state index contributed by atoms with van der Waals surface area (Å²) < 4.78 is 6.08. The fourth-order valence-electron chi connectivity index (χ4n) is 5.56. The van der Waals surface area contributed by atoms with Crippen LogP contribution >= 0.6 is 0 Å². The van der Waals surface area contributed by atoms with Gasteiger partial charge >= 0.3 is 0 Å². The predicted octanol–water partition coefficient (Wildman–Crippen LogP) is 4.03. The Hall–Kier alpha value is -2.00. The van der Waals surface area contributed by atoms with Crippen molar-refractivity contribution < 1.29 is 4.74 Å². The van der Waals surface area contributed by atoms with Crippen LogP contribution in [0, 0.1) is 45.8 Å². The van der Waals surface area contributed by atoms with Gasteiger partial charge in [0.1, 0.15) is 23.5 Å². The zero-order valence-electron chi connectivity index (χ0n) is 12.7. The molecule has 0 radical (unpaired) electrons. The molecule has 1 aromatic rings. The van der Waals surface area contributed by atoms with Crippen molar-refractivity contribution in [3.8, 4) is 17.9 Å². The number of hydrogen-bond acceptors (Lipinski definition) is 3. The molecule has 112 valence electrons. The summed E-state index contributed by atoms with van der Waals surface area (Å²) in [6.45, 7) is 0.708. The first-order valence-electron chi connectivity index (χ1n) is 8.27. The van der Waals surface area contributed by atoms with Crippen LogP contribution in [0.25, 0.3) is 0 Å². The van der Waals surface area contributed by atoms with Gasteiger partial charge in [-0.1, -0.05) is 6.07 Å². The van der Waals surface area contributed by atoms with Gasteiger partial charge in [-0.05, 0) is 68.4 Å². The fraction of sp³-hybridized carbons (Fsp3) is 0.579. The Kier molecular flexibility index (Phi) is 3.12. The van der Waals surface area contributed by atoms with Gasteiger partial charge in [0.25, 0.3) is 0 Å². The summed E-state index contributed by atoms with van der Waals surface area (Å²) in [4.78, 5) is 0. The molecule has 3 heteroatoms. The first kappa shape index (κ1) is 13.6. The molecule has 5 rings (SSSR count). The monoisotopic (exact) mass is 292 g/mol. The lowest BCUT2D eigenvalue weighted by atomic mass is 9.50. The largest absolute Gasteiger partial charge is 0.492 e. The van der Waals surface area contributed by atoms with E-state index >= 15 is 0 Å². The molecule has 0 heterocycles. The van der Waals surface area contributed by atoms with Crippen LogP contribution in [-0.2, 0) is 0 Å². The van der Waals surface area contributed by atoms with Crippen LogP contribution in [0.3, 0.4) is 0 Å². The number of ether oxygens (including phenoxy) is 1. The van der Waals surface area contributed by atoms with Crippen LogP contribution in [0.15, 0.2) is 18.2 Å². The predicted molar refractivity (Wildman–Crippen MR) is 82.0 cm³/mol. The molecule has 4 aliphatic rings. The molecule has 4 fully saturated rings. The van der Waals surface area contributed by atoms with Gasteiger partial charge < -0.3 is 4.74 Å². The number of benzene rings is 1. The normalized spacial score (nSPS) is 34.9. The summed E-state index contributed by atoms with van der Waals surface area (Å²) in [5, 5.41) is 18.4. The van der Waals surface area contributed by atoms with Crippen molar-refractivity contribution in [3.05, 3.63) is 29.3 Å². The van der Waals surface area contributed by atoms with Crippen LogP contribution < -0.4 is 4.74 Å². The third kappa shape index (κ3) is 2.17. The highest BCUT2D eigenvalue weighted by Crippen LogP contribution is 2.60. The molecule has 0 aromatic heterocycles. The standard InChI is InChI=1S/C19H20N2O/c20-10-16-2-1-3-18(17(16)11-21)22-12-19-7-13-4-14(8-19)6-15(5-13)9-19/h1-3,13-15H,4-9,12H2. The zero-order valence-corrected chi connectivity index (χ0v) is 12.7. The smallest absolute Gasteiger partial charge is 0.138 e. The molecule has 0 unspecified atom stereocenters. The van der Waals surface area contributed by atoms with Crippen LogP contribution in [0.4, 0.5) is 0 Å². The summed E-state index contributed by atoms with van der Waals surface area (Å²) in [5.41, 5.74) is 1.12. The van der Waals surface area contributed by atoms with Crippen LogP contribution in [0.5, 0.6) is 5.75 Å². The van der Waals surface area contributed by atoms with E-state index in [0.29, 0.717) is 28.9 Å². The topological polar surface area (TPSA) is 56.8 Å². The second-order valence-corrected chi connectivity index (χ2v) is 7.61. The summed E-state index contributed by atoms with van der Waals surface area (Å²) in [7, 11) is 0. The molecule has 0 aliphatic heterocycles. The average Bonchev–Trinajstić information content (AvgIpc) is 2.51. The Morgan fingerprint density at radius 1 is 1.00 bits per heavy atom. The van der Waals surface area contributed by atoms with E-state index in [2.05, 4.69) is 12.1 Å². The minimum absolute atomic E-state index is 0.324. The lowest BCUT2D eigenvalue weighted by Gasteiger charge is -2.56. The van der Waals surface area contributed by atoms with E-state index in [1.807, 2.05) is 6.07 Å². The van der Waals surface area contributed by atoms with Crippen molar-refractivity contribution in [1.29, 1.82) is 10.5 Å². The Balaban J connectivity index is 1.54. The van der Waals surface area contributed by atoms with Gasteiger partial charge in [0.2, 0.25) is 0 Å². The van der Waals surface area contributed by atoms with Gasteiger partial charge in [0.05, 0.1) is 12.2 Å². The molecule has 22 heavy (non-hydrogen) atoms. The van der Waals surface area contributed by atoms with Crippen molar-refractivity contribution >= 4 is 0 Å². The van der Waals surface area contributed by atoms with Crippen LogP contribution in [0.2, 0.25) is 0 Å². The van der Waals surface area contributed by atoms with E-state index in [-0.39, 0.29) is 0 Å². The molecule has 0 atom stereocenters. The quantitative estimate of drug-likeness (QED) is 0.845. The number of nitrogens with zero attached hydrogens (tertiary/aromatic N) is 2. The van der Waals surface area contributed by atoms with Crippen LogP contribution in [-0.4, -0.2) is 6.61 Å². The highest BCUT2D eigenvalue weighted by Gasteiger charge is 2.51. The highest BCUT2D eigenvalue weighted by molar-refractivity contribution is 5.53. The number of rotatable bonds is 3. The van der Waals surface area contributed by atoms with Crippen molar-refractivity contribution in [2.75, 3.05) is 6.61 Å². The molecule has 0 N–H and O–H groups in total. The molecule has 4 aliphatic carbocycles. The maximum Gasteiger partial charge on any atom is 0.138 e. The third-order valence-electron chi connectivity index (χ3n) is 5.96. The lowest BCUT2D eigenvalue weighted by molar-refractivity contribution is -0.0745. The van der Waals surface area contributed by atoms with E-state index in [1.165, 1.54) is 38.5 Å². The molecule has 0 amide bonds. The van der Waals surface area contributed by atoms with Gasteiger partial charge in [-0.2, -0.15) is 10.5 Å². The minimum Gasteiger partial charge on any atom is -0.492 e. The SMILES string of the molecule is N#Cc1cccc(OCC23CC4CC(CC(C4)C2)C3)c1C#N. The summed E-state index contributed by atoms with van der Waals surface area (Å²) in [6.07, 6.45) is 8.14. The molecule has 1 aromatic carbocycles. The molecule has 0 spiro atoms. The van der Waals surface area contributed by atoms with Gasteiger partial charge in [0, 0.05) is 5.41 Å². The molecular weight excluding hydrogens is 272 g/mol. The zero-order chi connectivity index (χ0) is 15.2. The molecule has 3 nitrogen and oxygen atoms in total.